The Kier molecular flexibility index (Phi) is 5.70. The molecule has 1 N–H and O–H groups in total. The molecule has 118 valence electrons. The normalized spacial score (nSPS) is 22.5. The maximum atomic E-state index is 9.51. The van der Waals surface area contributed by atoms with Gasteiger partial charge in [-0.2, -0.15) is 0 Å². The third-order valence-electron chi connectivity index (χ3n) is 3.97. The zero-order chi connectivity index (χ0) is 15.4. The first-order chi connectivity index (χ1) is 10.1. The summed E-state index contributed by atoms with van der Waals surface area (Å²) in [5.74, 6) is 1.15. The summed E-state index contributed by atoms with van der Waals surface area (Å²) in [6.45, 7) is 1.54. The minimum Gasteiger partial charge on any atom is -0.493 e. The van der Waals surface area contributed by atoms with E-state index in [9.17, 15) is 5.11 Å². The smallest absolute Gasteiger partial charge is 0.179 e. The molecule has 0 amide bonds. The summed E-state index contributed by atoms with van der Waals surface area (Å²) < 4.78 is 15.9. The minimum atomic E-state index is 0.0964. The van der Waals surface area contributed by atoms with Gasteiger partial charge >= 0.3 is 0 Å². The van der Waals surface area contributed by atoms with Gasteiger partial charge in [0.25, 0.3) is 0 Å². The van der Waals surface area contributed by atoms with Crippen molar-refractivity contribution < 1.29 is 19.3 Å². The summed E-state index contributed by atoms with van der Waals surface area (Å²) in [7, 11) is 4.85. The van der Waals surface area contributed by atoms with Crippen molar-refractivity contribution in [3.05, 3.63) is 22.7 Å². The second kappa shape index (κ2) is 7.31. The van der Waals surface area contributed by atoms with E-state index in [4.69, 9.17) is 25.8 Å². The molecule has 2 atom stereocenters. The van der Waals surface area contributed by atoms with Crippen LogP contribution in [0.3, 0.4) is 0 Å². The number of methoxy groups -OCH3 is 3. The lowest BCUT2D eigenvalue weighted by Gasteiger charge is -2.23. The van der Waals surface area contributed by atoms with Crippen LogP contribution in [0.4, 0.5) is 0 Å². The highest BCUT2D eigenvalue weighted by Gasteiger charge is 2.32. The number of aliphatic hydroxyl groups excluding tert-OH is 1. The van der Waals surface area contributed by atoms with Crippen LogP contribution >= 0.6 is 11.6 Å². The summed E-state index contributed by atoms with van der Waals surface area (Å²) in [6, 6.07) is 3.87. The molecule has 1 aromatic rings. The third kappa shape index (κ3) is 3.43. The highest BCUT2D eigenvalue weighted by Crippen LogP contribution is 2.38. The predicted octanol–water partition coefficient (Wildman–Crippen LogP) is 1.94. The number of rotatable bonds is 6. The van der Waals surface area contributed by atoms with Gasteiger partial charge in [0.15, 0.2) is 11.5 Å². The van der Waals surface area contributed by atoms with Crippen molar-refractivity contribution in [2.24, 2.45) is 0 Å². The van der Waals surface area contributed by atoms with Gasteiger partial charge < -0.3 is 19.3 Å². The van der Waals surface area contributed by atoms with E-state index in [0.29, 0.717) is 23.1 Å². The number of aliphatic hydroxyl groups is 1. The molecule has 0 saturated carbocycles. The van der Waals surface area contributed by atoms with Crippen LogP contribution in [0.5, 0.6) is 11.5 Å². The van der Waals surface area contributed by atoms with Crippen LogP contribution in [0.2, 0.25) is 5.02 Å². The van der Waals surface area contributed by atoms with Gasteiger partial charge in [0.05, 0.1) is 32.0 Å². The standard InChI is InChI=1S/C15H22ClNO4/c1-19-12-6-11(9-18)17(8-12)7-10-4-5-13(20-2)15(21-3)14(10)16/h4-5,11-12,18H,6-9H2,1-3H3/t11-,12-/m0/s1. The van der Waals surface area contributed by atoms with Gasteiger partial charge in [-0.3, -0.25) is 4.90 Å². The lowest BCUT2D eigenvalue weighted by Crippen LogP contribution is -2.32. The fourth-order valence-corrected chi connectivity index (χ4v) is 3.06. The molecule has 5 nitrogen and oxygen atoms in total. The van der Waals surface area contributed by atoms with Crippen LogP contribution in [-0.4, -0.2) is 56.6 Å². The van der Waals surface area contributed by atoms with Gasteiger partial charge in [-0.15, -0.1) is 0 Å². The van der Waals surface area contributed by atoms with Crippen molar-refractivity contribution in [2.75, 3.05) is 34.5 Å². The Morgan fingerprint density at radius 3 is 2.62 bits per heavy atom. The maximum absolute atomic E-state index is 9.51. The Morgan fingerprint density at radius 1 is 1.29 bits per heavy atom. The number of ether oxygens (including phenoxy) is 3. The second-order valence-electron chi connectivity index (χ2n) is 5.13. The van der Waals surface area contributed by atoms with Crippen molar-refractivity contribution in [1.82, 2.24) is 4.90 Å². The van der Waals surface area contributed by atoms with Crippen LogP contribution in [0.1, 0.15) is 12.0 Å². The average Bonchev–Trinajstić information content (AvgIpc) is 2.91. The van der Waals surface area contributed by atoms with Gasteiger partial charge in [-0.25, -0.2) is 0 Å². The highest BCUT2D eigenvalue weighted by atomic mass is 35.5. The van der Waals surface area contributed by atoms with Crippen LogP contribution in [0.25, 0.3) is 0 Å². The van der Waals surface area contributed by atoms with E-state index >= 15 is 0 Å². The van der Waals surface area contributed by atoms with Crippen molar-refractivity contribution >= 4 is 11.6 Å². The number of hydrogen-bond acceptors (Lipinski definition) is 5. The summed E-state index contributed by atoms with van der Waals surface area (Å²) in [6.07, 6.45) is 0.985. The fraction of sp³-hybridized carbons (Fsp3) is 0.600. The molecule has 1 fully saturated rings. The van der Waals surface area contributed by atoms with Gasteiger partial charge in [0.2, 0.25) is 0 Å². The van der Waals surface area contributed by atoms with Crippen LogP contribution in [-0.2, 0) is 11.3 Å². The molecule has 0 unspecified atom stereocenters. The molecule has 21 heavy (non-hydrogen) atoms. The lowest BCUT2D eigenvalue weighted by atomic mass is 10.1. The molecule has 1 aliphatic rings. The SMILES string of the molecule is COc1ccc(CN2C[C@@H](OC)C[C@H]2CO)c(Cl)c1OC. The maximum Gasteiger partial charge on any atom is 0.179 e. The molecule has 0 spiro atoms. The fourth-order valence-electron chi connectivity index (χ4n) is 2.76. The third-order valence-corrected chi connectivity index (χ3v) is 4.39. The van der Waals surface area contributed by atoms with E-state index in [-0.39, 0.29) is 18.8 Å². The first kappa shape index (κ1) is 16.4. The van der Waals surface area contributed by atoms with E-state index in [1.54, 1.807) is 21.3 Å². The molecule has 0 radical (unpaired) electrons. The molecule has 1 aliphatic heterocycles. The zero-order valence-electron chi connectivity index (χ0n) is 12.6. The van der Waals surface area contributed by atoms with Crippen molar-refractivity contribution in [2.45, 2.75) is 25.1 Å². The first-order valence-electron chi connectivity index (χ1n) is 6.91. The second-order valence-corrected chi connectivity index (χ2v) is 5.51. The molecule has 6 heteroatoms. The Bertz CT molecular complexity index is 483. The Labute approximate surface area is 130 Å². The van der Waals surface area contributed by atoms with E-state index in [1.807, 2.05) is 12.1 Å². The predicted molar refractivity (Wildman–Crippen MR) is 81.3 cm³/mol. The monoisotopic (exact) mass is 315 g/mol. The van der Waals surface area contributed by atoms with E-state index in [2.05, 4.69) is 4.90 Å². The molecule has 0 aliphatic carbocycles. The molecule has 2 rings (SSSR count). The summed E-state index contributed by atoms with van der Waals surface area (Å²) in [5.41, 5.74) is 0.949. The van der Waals surface area contributed by atoms with Crippen LogP contribution in [0.15, 0.2) is 12.1 Å². The number of halogens is 1. The molecule has 1 saturated heterocycles. The molecule has 0 aromatic heterocycles. The van der Waals surface area contributed by atoms with E-state index < -0.39 is 0 Å². The molecule has 0 bridgehead atoms. The quantitative estimate of drug-likeness (QED) is 0.869. The Balaban J connectivity index is 2.19. The largest absolute Gasteiger partial charge is 0.493 e. The van der Waals surface area contributed by atoms with Crippen molar-refractivity contribution in [3.63, 3.8) is 0 Å². The molecular weight excluding hydrogens is 294 g/mol. The van der Waals surface area contributed by atoms with Crippen LogP contribution in [0, 0.1) is 0 Å². The Morgan fingerprint density at radius 2 is 2.05 bits per heavy atom. The number of benzene rings is 1. The molecular formula is C15H22ClNO4. The average molecular weight is 316 g/mol. The zero-order valence-corrected chi connectivity index (χ0v) is 13.4. The molecule has 1 aromatic carbocycles. The van der Waals surface area contributed by atoms with Gasteiger partial charge in [0, 0.05) is 26.2 Å². The minimum absolute atomic E-state index is 0.0964. The van der Waals surface area contributed by atoms with Gasteiger partial charge in [-0.1, -0.05) is 17.7 Å². The van der Waals surface area contributed by atoms with Gasteiger partial charge in [-0.05, 0) is 18.1 Å². The topological polar surface area (TPSA) is 51.2 Å². The highest BCUT2D eigenvalue weighted by molar-refractivity contribution is 6.33. The summed E-state index contributed by atoms with van der Waals surface area (Å²) in [5, 5.41) is 10.1. The lowest BCUT2D eigenvalue weighted by molar-refractivity contribution is 0.107. The summed E-state index contributed by atoms with van der Waals surface area (Å²) >= 11 is 6.41. The number of likely N-dealkylation sites (tertiary alicyclic amines) is 1. The van der Waals surface area contributed by atoms with Crippen molar-refractivity contribution in [3.8, 4) is 11.5 Å². The summed E-state index contributed by atoms with van der Waals surface area (Å²) in [4.78, 5) is 2.18. The van der Waals surface area contributed by atoms with Crippen LogP contribution < -0.4 is 9.47 Å². The molecule has 1 heterocycles. The number of nitrogens with zero attached hydrogens (tertiary/aromatic N) is 1. The van der Waals surface area contributed by atoms with E-state index in [0.717, 1.165) is 18.5 Å². The van der Waals surface area contributed by atoms with Crippen molar-refractivity contribution in [1.29, 1.82) is 0 Å². The first-order valence-corrected chi connectivity index (χ1v) is 7.29. The van der Waals surface area contributed by atoms with Gasteiger partial charge in [0.1, 0.15) is 0 Å². The number of hydrogen-bond donors (Lipinski definition) is 1. The van der Waals surface area contributed by atoms with E-state index in [1.165, 1.54) is 0 Å². The Hall–Kier alpha value is -1.01.